The van der Waals surface area contributed by atoms with E-state index in [1.54, 1.807) is 30.2 Å². The molecule has 1 amide bonds. The first-order valence-corrected chi connectivity index (χ1v) is 9.50. The van der Waals surface area contributed by atoms with Gasteiger partial charge in [0.25, 0.3) is 17.9 Å². The molecule has 0 aliphatic rings. The molecule has 7 nitrogen and oxygen atoms in total. The summed E-state index contributed by atoms with van der Waals surface area (Å²) >= 11 is 7.14. The molecule has 30 heavy (non-hydrogen) atoms. The molecule has 11 heteroatoms. The molecule has 0 radical (unpaired) electrons. The first kappa shape index (κ1) is 21.2. The number of hydrogen-bond donors (Lipinski definition) is 1. The third-order valence-corrected chi connectivity index (χ3v) is 5.11. The maximum atomic E-state index is 12.7. The van der Waals surface area contributed by atoms with Crippen molar-refractivity contribution in [3.05, 3.63) is 67.0 Å². The Morgan fingerprint density at radius 2 is 2.10 bits per heavy atom. The largest absolute Gasteiger partial charge is 0.320 e. The highest BCUT2D eigenvalue weighted by Crippen LogP contribution is 2.28. The second-order valence-electron chi connectivity index (χ2n) is 6.01. The Labute approximate surface area is 178 Å². The highest BCUT2D eigenvalue weighted by atomic mass is 35.5. The van der Waals surface area contributed by atoms with Crippen LogP contribution in [0.4, 0.5) is 14.5 Å². The predicted molar refractivity (Wildman–Crippen MR) is 108 cm³/mol. The molecule has 1 N–H and O–H groups in total. The van der Waals surface area contributed by atoms with E-state index in [1.807, 2.05) is 0 Å². The van der Waals surface area contributed by atoms with Gasteiger partial charge in [-0.1, -0.05) is 23.4 Å². The second kappa shape index (κ2) is 8.91. The molecule has 0 aromatic carbocycles. The fraction of sp³-hybridized carbons (Fsp3) is 0.158. The van der Waals surface area contributed by atoms with Crippen molar-refractivity contribution in [1.82, 2.24) is 14.3 Å². The molecule has 0 aliphatic heterocycles. The summed E-state index contributed by atoms with van der Waals surface area (Å²) in [5.41, 5.74) is -0.0694. The average Bonchev–Trinajstić information content (AvgIpc) is 3.27. The van der Waals surface area contributed by atoms with Gasteiger partial charge in [-0.25, -0.2) is 8.78 Å². The number of nitrogens with zero attached hydrogens (tertiary/aromatic N) is 4. The van der Waals surface area contributed by atoms with Crippen LogP contribution in [-0.2, 0) is 13.6 Å². The van der Waals surface area contributed by atoms with Crippen LogP contribution < -0.4 is 10.9 Å². The van der Waals surface area contributed by atoms with Crippen molar-refractivity contribution in [3.8, 4) is 17.9 Å². The van der Waals surface area contributed by atoms with E-state index in [9.17, 15) is 18.4 Å². The number of anilines is 1. The van der Waals surface area contributed by atoms with Crippen molar-refractivity contribution in [3.63, 3.8) is 0 Å². The lowest BCUT2D eigenvalue weighted by Crippen LogP contribution is -2.26. The van der Waals surface area contributed by atoms with Crippen molar-refractivity contribution in [2.45, 2.75) is 13.0 Å². The summed E-state index contributed by atoms with van der Waals surface area (Å²) in [6.45, 7) is -0.893. The molecule has 0 saturated heterocycles. The smallest absolute Gasteiger partial charge is 0.268 e. The van der Waals surface area contributed by atoms with E-state index in [0.29, 0.717) is 20.0 Å². The highest BCUT2D eigenvalue weighted by Gasteiger charge is 2.16. The number of hydrogen-bond acceptors (Lipinski definition) is 5. The minimum Gasteiger partial charge on any atom is -0.320 e. The van der Waals surface area contributed by atoms with Crippen LogP contribution >= 0.6 is 22.9 Å². The van der Waals surface area contributed by atoms with Gasteiger partial charge >= 0.3 is 0 Å². The van der Waals surface area contributed by atoms with E-state index >= 15 is 0 Å². The van der Waals surface area contributed by atoms with Crippen molar-refractivity contribution in [2.24, 2.45) is 7.05 Å². The molecule has 152 valence electrons. The molecular weight excluding hydrogens is 436 g/mol. The van der Waals surface area contributed by atoms with Crippen LogP contribution in [-0.4, -0.2) is 26.7 Å². The van der Waals surface area contributed by atoms with Crippen LogP contribution in [0.5, 0.6) is 0 Å². The van der Waals surface area contributed by atoms with Gasteiger partial charge in [0.2, 0.25) is 0 Å². The third-order valence-electron chi connectivity index (χ3n) is 3.76. The molecule has 0 fully saturated rings. The molecule has 0 bridgehead atoms. The zero-order valence-electron chi connectivity index (χ0n) is 15.3. The van der Waals surface area contributed by atoms with Crippen LogP contribution in [0.25, 0.3) is 0 Å². The predicted octanol–water partition coefficient (Wildman–Crippen LogP) is 3.09. The molecule has 0 aliphatic carbocycles. The van der Waals surface area contributed by atoms with E-state index in [4.69, 9.17) is 16.9 Å². The monoisotopic (exact) mass is 447 g/mol. The Bertz CT molecular complexity index is 1280. The minimum absolute atomic E-state index is 0.0318. The van der Waals surface area contributed by atoms with Gasteiger partial charge in [-0.2, -0.15) is 10.4 Å². The Morgan fingerprint density at radius 3 is 2.73 bits per heavy atom. The van der Waals surface area contributed by atoms with Crippen molar-refractivity contribution >= 4 is 34.5 Å². The van der Waals surface area contributed by atoms with Crippen molar-refractivity contribution in [1.29, 1.82) is 5.26 Å². The number of aryl methyl sites for hydroxylation is 1. The molecule has 0 saturated carbocycles. The lowest BCUT2D eigenvalue weighted by molar-refractivity contribution is 0.103. The Hall–Kier alpha value is -3.47. The lowest BCUT2D eigenvalue weighted by Gasteiger charge is -2.09. The number of thiophene rings is 1. The zero-order valence-corrected chi connectivity index (χ0v) is 16.9. The average molecular weight is 448 g/mol. The second-order valence-corrected chi connectivity index (χ2v) is 7.66. The molecule has 3 aromatic heterocycles. The van der Waals surface area contributed by atoms with Crippen LogP contribution in [0.3, 0.4) is 0 Å². The number of pyridine rings is 1. The van der Waals surface area contributed by atoms with E-state index in [2.05, 4.69) is 22.3 Å². The van der Waals surface area contributed by atoms with Crippen molar-refractivity contribution < 1.29 is 13.6 Å². The highest BCUT2D eigenvalue weighted by molar-refractivity contribution is 7.18. The summed E-state index contributed by atoms with van der Waals surface area (Å²) in [6.07, 6.45) is 1.58. The van der Waals surface area contributed by atoms with Crippen molar-refractivity contribution in [2.75, 3.05) is 5.32 Å². The zero-order chi connectivity index (χ0) is 21.8. The number of aromatic nitrogens is 3. The Kier molecular flexibility index (Phi) is 6.31. The summed E-state index contributed by atoms with van der Waals surface area (Å²) in [6, 6.07) is 4.25. The summed E-state index contributed by atoms with van der Waals surface area (Å²) in [7, 11) is 1.76. The van der Waals surface area contributed by atoms with Crippen LogP contribution in [0, 0.1) is 23.2 Å². The van der Waals surface area contributed by atoms with E-state index in [0.717, 1.165) is 23.6 Å². The van der Waals surface area contributed by atoms with Gasteiger partial charge < -0.3 is 9.88 Å². The van der Waals surface area contributed by atoms with Gasteiger partial charge in [-0.05, 0) is 12.1 Å². The van der Waals surface area contributed by atoms with E-state index in [1.165, 1.54) is 6.07 Å². The number of alkyl halides is 2. The van der Waals surface area contributed by atoms with Gasteiger partial charge in [0.15, 0.2) is 0 Å². The molecular formula is C19H12ClF2N5O2S. The summed E-state index contributed by atoms with van der Waals surface area (Å²) in [5.74, 6) is 5.16. The number of nitrogens with one attached hydrogen (secondary N) is 1. The summed E-state index contributed by atoms with van der Waals surface area (Å²) < 4.78 is 27.9. The molecule has 3 heterocycles. The normalized spacial score (nSPS) is 10.4. The first-order chi connectivity index (χ1) is 14.3. The molecule has 3 rings (SSSR count). The molecule has 0 unspecified atom stereocenters. The number of carbonyl (C=O) groups is 1. The fourth-order valence-corrected chi connectivity index (χ4v) is 3.54. The quantitative estimate of drug-likeness (QED) is 0.622. The van der Waals surface area contributed by atoms with Gasteiger partial charge in [0, 0.05) is 19.4 Å². The fourth-order valence-electron chi connectivity index (χ4n) is 2.45. The van der Waals surface area contributed by atoms with Gasteiger partial charge in [-0.3, -0.25) is 14.3 Å². The number of carbonyl (C=O) groups excluding carboxylic acids is 1. The summed E-state index contributed by atoms with van der Waals surface area (Å²) in [4.78, 5) is 24.7. The summed E-state index contributed by atoms with van der Waals surface area (Å²) in [5, 5.41) is 15.5. The Morgan fingerprint density at radius 1 is 1.33 bits per heavy atom. The van der Waals surface area contributed by atoms with Gasteiger partial charge in [0.1, 0.15) is 16.0 Å². The molecule has 0 atom stereocenters. The van der Waals surface area contributed by atoms with Crippen LogP contribution in [0.15, 0.2) is 35.5 Å². The molecule has 3 aromatic rings. The first-order valence-electron chi connectivity index (χ1n) is 8.31. The van der Waals surface area contributed by atoms with Crippen LogP contribution in [0.2, 0.25) is 4.34 Å². The van der Waals surface area contributed by atoms with E-state index < -0.39 is 24.4 Å². The maximum Gasteiger partial charge on any atom is 0.268 e. The van der Waals surface area contributed by atoms with Gasteiger partial charge in [-0.15, -0.1) is 11.3 Å². The number of nitriles is 1. The number of amides is 1. The maximum absolute atomic E-state index is 12.7. The number of rotatable bonds is 4. The lowest BCUT2D eigenvalue weighted by atomic mass is 10.2. The van der Waals surface area contributed by atoms with E-state index in [-0.39, 0.29) is 16.1 Å². The van der Waals surface area contributed by atoms with Gasteiger partial charge in [0.05, 0.1) is 34.4 Å². The SMILES string of the molecule is Cn1cc(C#Cc2cc(C(=O)Nc3cc(C#N)c(=O)n(CC(F)F)c3)sc2Cl)cn1. The topological polar surface area (TPSA) is 92.7 Å². The van der Waals surface area contributed by atoms with Crippen LogP contribution in [0.1, 0.15) is 26.4 Å². The standard InChI is InChI=1S/C19H12ClF2N5O2S/c1-26-8-11(7-24-26)2-3-12-5-15(30-17(12)20)18(28)25-14-4-13(6-23)19(29)27(9-14)10-16(21)22/h4-5,7-9,16H,10H2,1H3,(H,25,28). The molecule has 0 spiro atoms. The minimum atomic E-state index is -2.79. The third kappa shape index (κ3) is 4.92. The Balaban J connectivity index is 1.84. The number of halogens is 3.